The predicted octanol–water partition coefficient (Wildman–Crippen LogP) is 5.93. The van der Waals surface area contributed by atoms with Gasteiger partial charge >= 0.3 is 0 Å². The molecule has 0 fully saturated rings. The van der Waals surface area contributed by atoms with Crippen molar-refractivity contribution in [3.8, 4) is 5.75 Å². The van der Waals surface area contributed by atoms with Gasteiger partial charge in [-0.25, -0.2) is 13.4 Å². The Morgan fingerprint density at radius 2 is 1.63 bits per heavy atom. The van der Waals surface area contributed by atoms with Gasteiger partial charge in [-0.2, -0.15) is 4.31 Å². The molecule has 1 amide bonds. The Kier molecular flexibility index (Phi) is 11.7. The van der Waals surface area contributed by atoms with Crippen molar-refractivity contribution >= 4 is 55.0 Å². The van der Waals surface area contributed by atoms with Gasteiger partial charge in [0, 0.05) is 25.2 Å². The number of fused-ring (bicyclic) bond motifs is 1. The van der Waals surface area contributed by atoms with Crippen LogP contribution in [0.15, 0.2) is 77.7 Å². The number of sulfonamides is 1. The van der Waals surface area contributed by atoms with Crippen LogP contribution >= 0.6 is 23.7 Å². The summed E-state index contributed by atoms with van der Waals surface area (Å²) in [4.78, 5) is 22.5. The summed E-state index contributed by atoms with van der Waals surface area (Å²) < 4.78 is 34.9. The number of hydrogen-bond donors (Lipinski definition) is 0. The largest absolute Gasteiger partial charge is 0.492 e. The van der Waals surface area contributed by atoms with Gasteiger partial charge in [-0.05, 0) is 75.9 Å². The maximum atomic E-state index is 13.8. The summed E-state index contributed by atoms with van der Waals surface area (Å²) in [5, 5.41) is 0.586. The van der Waals surface area contributed by atoms with Crippen molar-refractivity contribution in [3.05, 3.63) is 83.9 Å². The van der Waals surface area contributed by atoms with Crippen LogP contribution in [-0.4, -0.2) is 68.9 Å². The van der Waals surface area contributed by atoms with Crippen LogP contribution in [0.1, 0.15) is 36.2 Å². The molecule has 0 spiro atoms. The number of ether oxygens (including phenoxy) is 1. The number of aromatic nitrogens is 1. The smallest absolute Gasteiger partial charge is 0.260 e. The highest BCUT2D eigenvalue weighted by atomic mass is 35.5. The summed E-state index contributed by atoms with van der Waals surface area (Å²) in [5.74, 6) is 0.463. The van der Waals surface area contributed by atoms with E-state index in [0.717, 1.165) is 28.7 Å². The second-order valence-corrected chi connectivity index (χ2v) is 12.5. The molecule has 0 aliphatic carbocycles. The van der Waals surface area contributed by atoms with Crippen LogP contribution in [0.25, 0.3) is 10.2 Å². The minimum Gasteiger partial charge on any atom is -0.492 e. The van der Waals surface area contributed by atoms with E-state index in [1.165, 1.54) is 27.8 Å². The molecular weight excluding hydrogens is 580 g/mol. The maximum absolute atomic E-state index is 13.8. The normalized spacial score (nSPS) is 11.6. The lowest BCUT2D eigenvalue weighted by molar-refractivity contribution is 0.0986. The van der Waals surface area contributed by atoms with Crippen LogP contribution in [0, 0.1) is 0 Å². The van der Waals surface area contributed by atoms with Gasteiger partial charge in [-0.15, -0.1) is 12.4 Å². The zero-order chi connectivity index (χ0) is 28.7. The Morgan fingerprint density at radius 3 is 2.27 bits per heavy atom. The Bertz CT molecular complexity index is 1530. The SMILES string of the molecule is CCOc1cccc2sc(N(CCCN(C)C)C(=O)c3ccc(S(=O)(=O)N(CC)Cc4ccccc4)cc3)nc12.Cl. The number of carbonyl (C=O) groups is 1. The standard InChI is InChI=1S/C30H36N4O4S2.ClH/c1-5-33(22-23-12-8-7-9-13-23)40(36,37)25-18-16-24(17-19-25)29(35)34(21-11-20-32(3)4)30-31-28-26(38-6-2)14-10-15-27(28)39-30;/h7-10,12-19H,5-6,11,20-22H2,1-4H3;1H. The van der Waals surface area contributed by atoms with Crippen LogP contribution in [-0.2, 0) is 16.6 Å². The van der Waals surface area contributed by atoms with Gasteiger partial charge in [-0.3, -0.25) is 9.69 Å². The summed E-state index contributed by atoms with van der Waals surface area (Å²) in [6.45, 7) is 6.16. The number of thiazole rings is 1. The fraction of sp³-hybridized carbons (Fsp3) is 0.333. The van der Waals surface area contributed by atoms with Gasteiger partial charge in [0.05, 0.1) is 16.2 Å². The molecule has 4 aromatic rings. The number of benzene rings is 3. The Hall–Kier alpha value is -3.02. The number of halogens is 1. The molecule has 11 heteroatoms. The van der Waals surface area contributed by atoms with Crippen molar-refractivity contribution in [2.75, 3.05) is 45.2 Å². The molecule has 0 bridgehead atoms. The summed E-state index contributed by atoms with van der Waals surface area (Å²) in [6, 6.07) is 21.5. The minimum atomic E-state index is -3.74. The molecule has 0 saturated heterocycles. The lowest BCUT2D eigenvalue weighted by atomic mass is 10.2. The highest BCUT2D eigenvalue weighted by Crippen LogP contribution is 2.35. The summed E-state index contributed by atoms with van der Waals surface area (Å²) >= 11 is 1.44. The van der Waals surface area contributed by atoms with Crippen LogP contribution in [0.4, 0.5) is 5.13 Å². The van der Waals surface area contributed by atoms with Crippen molar-refractivity contribution in [1.82, 2.24) is 14.2 Å². The highest BCUT2D eigenvalue weighted by molar-refractivity contribution is 7.89. The van der Waals surface area contributed by atoms with Crippen LogP contribution in [0.2, 0.25) is 0 Å². The van der Waals surface area contributed by atoms with Crippen molar-refractivity contribution in [3.63, 3.8) is 0 Å². The van der Waals surface area contributed by atoms with E-state index in [0.29, 0.717) is 36.1 Å². The van der Waals surface area contributed by atoms with E-state index in [1.807, 2.05) is 76.5 Å². The van der Waals surface area contributed by atoms with Gasteiger partial charge in [0.1, 0.15) is 11.3 Å². The first-order valence-electron chi connectivity index (χ1n) is 13.4. The molecule has 0 N–H and O–H groups in total. The third-order valence-corrected chi connectivity index (χ3v) is 9.41. The van der Waals surface area contributed by atoms with E-state index in [2.05, 4.69) is 4.90 Å². The van der Waals surface area contributed by atoms with E-state index < -0.39 is 10.0 Å². The van der Waals surface area contributed by atoms with Gasteiger partial charge < -0.3 is 9.64 Å². The monoisotopic (exact) mass is 616 g/mol. The molecule has 220 valence electrons. The molecule has 0 aliphatic rings. The number of carbonyl (C=O) groups excluding carboxylic acids is 1. The molecular formula is C30H37ClN4O4S2. The summed E-state index contributed by atoms with van der Waals surface area (Å²) in [7, 11) is 0.253. The molecule has 0 unspecified atom stereocenters. The van der Waals surface area contributed by atoms with Crippen molar-refractivity contribution in [2.24, 2.45) is 0 Å². The van der Waals surface area contributed by atoms with Crippen LogP contribution in [0.3, 0.4) is 0 Å². The Labute approximate surface area is 253 Å². The molecule has 41 heavy (non-hydrogen) atoms. The zero-order valence-corrected chi connectivity index (χ0v) is 26.3. The third-order valence-electron chi connectivity index (χ3n) is 6.43. The molecule has 3 aromatic carbocycles. The summed E-state index contributed by atoms with van der Waals surface area (Å²) in [6.07, 6.45) is 0.754. The molecule has 0 radical (unpaired) electrons. The van der Waals surface area contributed by atoms with Crippen molar-refractivity contribution in [2.45, 2.75) is 31.7 Å². The number of rotatable bonds is 13. The van der Waals surface area contributed by atoms with Gasteiger partial charge in [0.25, 0.3) is 5.91 Å². The molecule has 1 aromatic heterocycles. The lowest BCUT2D eigenvalue weighted by Crippen LogP contribution is -2.33. The van der Waals surface area contributed by atoms with Gasteiger partial charge in [0.2, 0.25) is 10.0 Å². The number of anilines is 1. The quantitative estimate of drug-likeness (QED) is 0.185. The molecule has 1 heterocycles. The van der Waals surface area contributed by atoms with Crippen LogP contribution in [0.5, 0.6) is 5.75 Å². The first-order chi connectivity index (χ1) is 19.2. The van der Waals surface area contributed by atoms with E-state index in [9.17, 15) is 13.2 Å². The molecule has 0 aliphatic heterocycles. The number of hydrogen-bond acceptors (Lipinski definition) is 7. The molecule has 4 rings (SSSR count). The fourth-order valence-electron chi connectivity index (χ4n) is 4.36. The second kappa shape index (κ2) is 14.7. The molecule has 0 atom stereocenters. The van der Waals surface area contributed by atoms with E-state index in [1.54, 1.807) is 17.0 Å². The first kappa shape index (κ1) is 32.5. The average Bonchev–Trinajstić information content (AvgIpc) is 3.39. The zero-order valence-electron chi connectivity index (χ0n) is 23.8. The van der Waals surface area contributed by atoms with E-state index >= 15 is 0 Å². The Balaban J connectivity index is 0.00000462. The molecule has 8 nitrogen and oxygen atoms in total. The van der Waals surface area contributed by atoms with Crippen LogP contribution < -0.4 is 9.64 Å². The van der Waals surface area contributed by atoms with E-state index in [4.69, 9.17) is 9.72 Å². The second-order valence-electron chi connectivity index (χ2n) is 9.59. The fourth-order valence-corrected chi connectivity index (χ4v) is 6.80. The van der Waals surface area contributed by atoms with Gasteiger partial charge in [0.15, 0.2) is 5.13 Å². The van der Waals surface area contributed by atoms with Crippen molar-refractivity contribution in [1.29, 1.82) is 0 Å². The predicted molar refractivity (Wildman–Crippen MR) is 169 cm³/mol. The van der Waals surface area contributed by atoms with Gasteiger partial charge in [-0.1, -0.05) is 54.7 Å². The topological polar surface area (TPSA) is 83.0 Å². The van der Waals surface area contributed by atoms with Crippen molar-refractivity contribution < 1.29 is 17.9 Å². The lowest BCUT2D eigenvalue weighted by Gasteiger charge is -2.22. The highest BCUT2D eigenvalue weighted by Gasteiger charge is 2.26. The maximum Gasteiger partial charge on any atom is 0.260 e. The number of nitrogens with zero attached hydrogens (tertiary/aromatic N) is 4. The summed E-state index contributed by atoms with van der Waals surface area (Å²) in [5.41, 5.74) is 2.05. The third kappa shape index (κ3) is 7.84. The first-order valence-corrected chi connectivity index (χ1v) is 15.6. The number of para-hydroxylation sites is 1. The Morgan fingerprint density at radius 1 is 0.927 bits per heavy atom. The average molecular weight is 617 g/mol. The number of amides is 1. The van der Waals surface area contributed by atoms with E-state index in [-0.39, 0.29) is 29.8 Å². The minimum absolute atomic E-state index is 0. The molecule has 0 saturated carbocycles.